The molecule has 0 fully saturated rings. The average molecular weight is 252 g/mol. The molecule has 0 aliphatic carbocycles. The molecule has 17 heavy (non-hydrogen) atoms. The Morgan fingerprint density at radius 3 is 3.06 bits per heavy atom. The quantitative estimate of drug-likeness (QED) is 0.510. The lowest BCUT2D eigenvalue weighted by Crippen LogP contribution is -2.24. The Labute approximate surface area is 105 Å². The first-order chi connectivity index (χ1) is 8.24. The molecule has 0 amide bonds. The Bertz CT molecular complexity index is 443. The molecule has 1 heterocycles. The van der Waals surface area contributed by atoms with Crippen molar-refractivity contribution in [3.05, 3.63) is 40.9 Å². The van der Waals surface area contributed by atoms with Crippen LogP contribution >= 0.6 is 11.6 Å². The van der Waals surface area contributed by atoms with Crippen LogP contribution < -0.4 is 10.1 Å². The Morgan fingerprint density at radius 2 is 2.35 bits per heavy atom. The molecule has 2 rings (SSSR count). The molecule has 0 aromatic heterocycles. The van der Waals surface area contributed by atoms with Crippen LogP contribution in [0.15, 0.2) is 35.9 Å². The molecule has 0 radical (unpaired) electrons. The van der Waals surface area contributed by atoms with E-state index in [9.17, 15) is 4.79 Å². The summed E-state index contributed by atoms with van der Waals surface area (Å²) in [6.07, 6.45) is 3.40. The largest absolute Gasteiger partial charge is 0.426 e. The van der Waals surface area contributed by atoms with Crippen molar-refractivity contribution in [2.24, 2.45) is 0 Å². The first kappa shape index (κ1) is 12.1. The molecule has 0 bridgehead atoms. The van der Waals surface area contributed by atoms with Crippen molar-refractivity contribution >= 4 is 17.6 Å². The fourth-order valence-electron chi connectivity index (χ4n) is 1.72. The van der Waals surface area contributed by atoms with Gasteiger partial charge in [0.1, 0.15) is 5.75 Å². The third-order valence-corrected chi connectivity index (χ3v) is 2.74. The minimum absolute atomic E-state index is 0.248. The van der Waals surface area contributed by atoms with Crippen molar-refractivity contribution in [2.45, 2.75) is 12.8 Å². The Balaban J connectivity index is 1.91. The highest BCUT2D eigenvalue weighted by molar-refractivity contribution is 6.30. The number of carbonyl (C=O) groups is 1. The van der Waals surface area contributed by atoms with Crippen molar-refractivity contribution in [1.82, 2.24) is 5.32 Å². The molecule has 4 heteroatoms. The number of carbonyl (C=O) groups excluding carboxylic acids is 1. The summed E-state index contributed by atoms with van der Waals surface area (Å²) in [5.41, 5.74) is 1.09. The van der Waals surface area contributed by atoms with E-state index in [2.05, 4.69) is 11.4 Å². The summed E-state index contributed by atoms with van der Waals surface area (Å²) < 4.78 is 5.21. The van der Waals surface area contributed by atoms with E-state index in [0.29, 0.717) is 17.2 Å². The molecule has 0 atom stereocenters. The first-order valence-corrected chi connectivity index (χ1v) is 5.97. The molecule has 0 saturated carbocycles. The monoisotopic (exact) mass is 251 g/mol. The molecule has 1 aromatic carbocycles. The number of nitrogens with one attached hydrogen (secondary N) is 1. The standard InChI is InChI=1S/C13H14ClNO2/c14-11-4-1-5-12(8-11)17-13(16)7-10-3-2-6-15-9-10/h1,3-5,8,15H,2,6-7,9H2. The van der Waals surface area contributed by atoms with E-state index in [0.717, 1.165) is 25.1 Å². The topological polar surface area (TPSA) is 38.3 Å². The predicted molar refractivity (Wildman–Crippen MR) is 67.3 cm³/mol. The number of hydrogen-bond donors (Lipinski definition) is 1. The second kappa shape index (κ2) is 5.84. The van der Waals surface area contributed by atoms with Gasteiger partial charge >= 0.3 is 5.97 Å². The molecule has 1 N–H and O–H groups in total. The van der Waals surface area contributed by atoms with Crippen LogP contribution in [-0.4, -0.2) is 19.1 Å². The number of halogens is 1. The molecule has 1 aromatic rings. The van der Waals surface area contributed by atoms with E-state index < -0.39 is 0 Å². The summed E-state index contributed by atoms with van der Waals surface area (Å²) in [5, 5.41) is 3.78. The molecule has 90 valence electrons. The van der Waals surface area contributed by atoms with Crippen molar-refractivity contribution in [3.8, 4) is 5.75 Å². The predicted octanol–water partition coefficient (Wildman–Crippen LogP) is 2.56. The van der Waals surface area contributed by atoms with Crippen LogP contribution in [0, 0.1) is 0 Å². The Hall–Kier alpha value is -1.32. The summed E-state index contributed by atoms with van der Waals surface area (Å²) >= 11 is 5.81. The van der Waals surface area contributed by atoms with Gasteiger partial charge in [0, 0.05) is 11.6 Å². The second-order valence-corrected chi connectivity index (χ2v) is 4.37. The third kappa shape index (κ3) is 3.88. The maximum Gasteiger partial charge on any atom is 0.315 e. The fraction of sp³-hybridized carbons (Fsp3) is 0.308. The van der Waals surface area contributed by atoms with E-state index in [1.54, 1.807) is 24.3 Å². The molecule has 1 aliphatic rings. The van der Waals surface area contributed by atoms with Gasteiger partial charge in [-0.2, -0.15) is 0 Å². The fourth-order valence-corrected chi connectivity index (χ4v) is 1.90. The zero-order valence-corrected chi connectivity index (χ0v) is 10.2. The van der Waals surface area contributed by atoms with Crippen LogP contribution in [0.2, 0.25) is 5.02 Å². The zero-order valence-electron chi connectivity index (χ0n) is 9.41. The van der Waals surface area contributed by atoms with Gasteiger partial charge in [-0.15, -0.1) is 0 Å². The Kier molecular flexibility index (Phi) is 4.18. The van der Waals surface area contributed by atoms with Crippen LogP contribution in [0.3, 0.4) is 0 Å². The number of ether oxygens (including phenoxy) is 1. The van der Waals surface area contributed by atoms with Gasteiger partial charge in [-0.05, 0) is 36.7 Å². The van der Waals surface area contributed by atoms with E-state index in [1.807, 2.05) is 0 Å². The highest BCUT2D eigenvalue weighted by Gasteiger charge is 2.10. The van der Waals surface area contributed by atoms with Crippen LogP contribution in [0.5, 0.6) is 5.75 Å². The number of hydrogen-bond acceptors (Lipinski definition) is 3. The van der Waals surface area contributed by atoms with Gasteiger partial charge in [-0.1, -0.05) is 23.7 Å². The van der Waals surface area contributed by atoms with Gasteiger partial charge in [-0.25, -0.2) is 0 Å². The van der Waals surface area contributed by atoms with E-state index in [4.69, 9.17) is 16.3 Å². The smallest absolute Gasteiger partial charge is 0.315 e. The van der Waals surface area contributed by atoms with E-state index in [1.165, 1.54) is 0 Å². The number of benzene rings is 1. The lowest BCUT2D eigenvalue weighted by Gasteiger charge is -2.13. The lowest BCUT2D eigenvalue weighted by molar-refractivity contribution is -0.133. The second-order valence-electron chi connectivity index (χ2n) is 3.94. The van der Waals surface area contributed by atoms with E-state index in [-0.39, 0.29) is 5.97 Å². The maximum absolute atomic E-state index is 11.7. The highest BCUT2D eigenvalue weighted by atomic mass is 35.5. The minimum atomic E-state index is -0.248. The molecule has 3 nitrogen and oxygen atoms in total. The number of rotatable bonds is 3. The van der Waals surface area contributed by atoms with Gasteiger partial charge in [-0.3, -0.25) is 4.79 Å². The molecule has 1 aliphatic heterocycles. The van der Waals surface area contributed by atoms with Gasteiger partial charge in [0.2, 0.25) is 0 Å². The summed E-state index contributed by atoms with van der Waals surface area (Å²) in [6, 6.07) is 6.85. The summed E-state index contributed by atoms with van der Waals surface area (Å²) in [6.45, 7) is 1.75. The highest BCUT2D eigenvalue weighted by Crippen LogP contribution is 2.18. The zero-order chi connectivity index (χ0) is 12.1. The van der Waals surface area contributed by atoms with Crippen molar-refractivity contribution in [2.75, 3.05) is 13.1 Å². The molecule has 0 unspecified atom stereocenters. The molecule has 0 saturated heterocycles. The number of esters is 1. The molecular formula is C13H14ClNO2. The molecule has 0 spiro atoms. The minimum Gasteiger partial charge on any atom is -0.426 e. The van der Waals surface area contributed by atoms with Crippen LogP contribution in [0.1, 0.15) is 12.8 Å². The van der Waals surface area contributed by atoms with Crippen molar-refractivity contribution in [3.63, 3.8) is 0 Å². The summed E-state index contributed by atoms with van der Waals surface area (Å²) in [4.78, 5) is 11.7. The summed E-state index contributed by atoms with van der Waals surface area (Å²) in [5.74, 6) is 0.245. The van der Waals surface area contributed by atoms with Gasteiger partial charge in [0.25, 0.3) is 0 Å². The first-order valence-electron chi connectivity index (χ1n) is 5.59. The van der Waals surface area contributed by atoms with Crippen molar-refractivity contribution in [1.29, 1.82) is 0 Å². The van der Waals surface area contributed by atoms with Gasteiger partial charge in [0.05, 0.1) is 6.42 Å². The van der Waals surface area contributed by atoms with Gasteiger partial charge in [0.15, 0.2) is 0 Å². The third-order valence-electron chi connectivity index (χ3n) is 2.51. The summed E-state index contributed by atoms with van der Waals surface area (Å²) in [7, 11) is 0. The lowest BCUT2D eigenvalue weighted by atomic mass is 10.1. The van der Waals surface area contributed by atoms with Crippen LogP contribution in [-0.2, 0) is 4.79 Å². The van der Waals surface area contributed by atoms with Gasteiger partial charge < -0.3 is 10.1 Å². The van der Waals surface area contributed by atoms with Crippen molar-refractivity contribution < 1.29 is 9.53 Å². The molecular weight excluding hydrogens is 238 g/mol. The van der Waals surface area contributed by atoms with Crippen LogP contribution in [0.25, 0.3) is 0 Å². The maximum atomic E-state index is 11.7. The normalized spacial score (nSPS) is 15.2. The van der Waals surface area contributed by atoms with Crippen LogP contribution in [0.4, 0.5) is 0 Å². The van der Waals surface area contributed by atoms with E-state index >= 15 is 0 Å². The SMILES string of the molecule is O=C(CC1=CCCNC1)Oc1cccc(Cl)c1. The Morgan fingerprint density at radius 1 is 1.47 bits per heavy atom. The average Bonchev–Trinajstić information content (AvgIpc) is 2.30.